The van der Waals surface area contributed by atoms with Crippen LogP contribution in [-0.2, 0) is 5.88 Å². The lowest BCUT2D eigenvalue weighted by atomic mass is 9.97. The maximum absolute atomic E-state index is 12.8. The third-order valence-corrected chi connectivity index (χ3v) is 4.46. The number of piperidine rings is 1. The Bertz CT molecular complexity index is 450. The van der Waals surface area contributed by atoms with Crippen LogP contribution in [0, 0.1) is 5.92 Å². The Morgan fingerprint density at radius 1 is 1.37 bits per heavy atom. The Hall–Kier alpha value is -0.420. The van der Waals surface area contributed by atoms with E-state index in [2.05, 4.69) is 15.9 Å². The van der Waals surface area contributed by atoms with Gasteiger partial charge in [0.15, 0.2) is 0 Å². The van der Waals surface area contributed by atoms with Gasteiger partial charge in [-0.05, 0) is 30.5 Å². The molecule has 1 aromatic rings. The maximum atomic E-state index is 12.8. The van der Waals surface area contributed by atoms with Crippen molar-refractivity contribution in [2.24, 2.45) is 5.92 Å². The molecular weight excluding hydrogens is 343 g/mol. The summed E-state index contributed by atoms with van der Waals surface area (Å²) in [6, 6.07) is 5.53. The first-order valence-corrected chi connectivity index (χ1v) is 7.40. The molecule has 1 aliphatic rings. The maximum Gasteiger partial charge on any atom is 0.393 e. The average Bonchev–Trinajstić information content (AvgIpc) is 2.38. The van der Waals surface area contributed by atoms with Crippen LogP contribution in [0.2, 0.25) is 0 Å². The predicted octanol–water partition coefficient (Wildman–Crippen LogP) is 4.97. The van der Waals surface area contributed by atoms with Gasteiger partial charge >= 0.3 is 6.18 Å². The highest BCUT2D eigenvalue weighted by molar-refractivity contribution is 9.10. The standard InChI is InChI=1S/C13H14BrClF3N/c14-12-6-11(4-3-9(12)7-15)19-5-1-2-10(8-19)13(16,17)18/h3-4,6,10H,1-2,5,7-8H2. The molecule has 1 aliphatic heterocycles. The van der Waals surface area contributed by atoms with Gasteiger partial charge in [0.05, 0.1) is 5.92 Å². The molecule has 19 heavy (non-hydrogen) atoms. The number of hydrogen-bond donors (Lipinski definition) is 0. The summed E-state index contributed by atoms with van der Waals surface area (Å²) in [6.07, 6.45) is -3.31. The normalized spacial score (nSPS) is 20.7. The topological polar surface area (TPSA) is 3.24 Å². The van der Waals surface area contributed by atoms with Crippen LogP contribution >= 0.6 is 27.5 Å². The number of anilines is 1. The van der Waals surface area contributed by atoms with Crippen molar-refractivity contribution in [2.75, 3.05) is 18.0 Å². The number of alkyl halides is 4. The second kappa shape index (κ2) is 5.92. The van der Waals surface area contributed by atoms with Gasteiger partial charge in [0, 0.05) is 29.1 Å². The SMILES string of the molecule is FC(F)(F)C1CCCN(c2ccc(CCl)c(Br)c2)C1. The highest BCUT2D eigenvalue weighted by atomic mass is 79.9. The van der Waals surface area contributed by atoms with Gasteiger partial charge in [-0.3, -0.25) is 0 Å². The Balaban J connectivity index is 2.15. The highest BCUT2D eigenvalue weighted by Crippen LogP contribution is 2.35. The van der Waals surface area contributed by atoms with Crippen LogP contribution < -0.4 is 4.90 Å². The molecule has 0 spiro atoms. The number of nitrogens with zero attached hydrogens (tertiary/aromatic N) is 1. The first-order chi connectivity index (χ1) is 8.91. The summed E-state index contributed by atoms with van der Waals surface area (Å²) in [5.74, 6) is -0.848. The zero-order chi connectivity index (χ0) is 14.0. The van der Waals surface area contributed by atoms with Crippen LogP contribution in [0.4, 0.5) is 18.9 Å². The molecule has 2 rings (SSSR count). The summed E-state index contributed by atoms with van der Waals surface area (Å²) >= 11 is 9.16. The second-order valence-corrected chi connectivity index (χ2v) is 5.86. The van der Waals surface area contributed by atoms with Gasteiger partial charge in [-0.25, -0.2) is 0 Å². The van der Waals surface area contributed by atoms with E-state index in [1.54, 1.807) is 4.90 Å². The van der Waals surface area contributed by atoms with Gasteiger partial charge in [0.25, 0.3) is 0 Å². The van der Waals surface area contributed by atoms with E-state index in [1.807, 2.05) is 18.2 Å². The average molecular weight is 357 g/mol. The van der Waals surface area contributed by atoms with Crippen LogP contribution in [0.25, 0.3) is 0 Å². The minimum Gasteiger partial charge on any atom is -0.371 e. The quantitative estimate of drug-likeness (QED) is 0.677. The fourth-order valence-electron chi connectivity index (χ4n) is 2.32. The van der Waals surface area contributed by atoms with E-state index in [0.29, 0.717) is 18.8 Å². The van der Waals surface area contributed by atoms with E-state index >= 15 is 0 Å². The van der Waals surface area contributed by atoms with Crippen molar-refractivity contribution in [2.45, 2.75) is 24.9 Å². The molecule has 106 valence electrons. The molecule has 0 aromatic heterocycles. The van der Waals surface area contributed by atoms with Crippen LogP contribution in [0.15, 0.2) is 22.7 Å². The Morgan fingerprint density at radius 2 is 2.11 bits per heavy atom. The van der Waals surface area contributed by atoms with Gasteiger partial charge in [-0.15, -0.1) is 11.6 Å². The molecule has 1 nitrogen and oxygen atoms in total. The molecule has 1 saturated heterocycles. The van der Waals surface area contributed by atoms with E-state index < -0.39 is 12.1 Å². The van der Waals surface area contributed by atoms with E-state index in [-0.39, 0.29) is 13.0 Å². The summed E-state index contributed by atoms with van der Waals surface area (Å²) < 4.78 is 39.2. The number of halogens is 5. The van der Waals surface area contributed by atoms with Crippen LogP contribution in [-0.4, -0.2) is 19.3 Å². The van der Waals surface area contributed by atoms with Crippen molar-refractivity contribution in [3.05, 3.63) is 28.2 Å². The van der Waals surface area contributed by atoms with Gasteiger partial charge in [-0.1, -0.05) is 22.0 Å². The highest BCUT2D eigenvalue weighted by Gasteiger charge is 2.41. The lowest BCUT2D eigenvalue weighted by Crippen LogP contribution is -2.41. The Labute approximate surface area is 123 Å². The Kier molecular flexibility index (Phi) is 4.66. The van der Waals surface area contributed by atoms with Gasteiger partial charge in [0.2, 0.25) is 0 Å². The molecule has 0 radical (unpaired) electrons. The van der Waals surface area contributed by atoms with Crippen molar-refractivity contribution in [1.29, 1.82) is 0 Å². The van der Waals surface area contributed by atoms with Gasteiger partial charge < -0.3 is 4.90 Å². The van der Waals surface area contributed by atoms with Crippen LogP contribution in [0.1, 0.15) is 18.4 Å². The number of rotatable bonds is 2. The molecule has 1 fully saturated rings. The minimum atomic E-state index is -4.11. The Morgan fingerprint density at radius 3 is 2.68 bits per heavy atom. The lowest BCUT2D eigenvalue weighted by Gasteiger charge is -2.35. The summed E-state index contributed by atoms with van der Waals surface area (Å²) in [6.45, 7) is 0.704. The van der Waals surface area contributed by atoms with Gasteiger partial charge in [0.1, 0.15) is 0 Å². The summed E-state index contributed by atoms with van der Waals surface area (Å²) in [4.78, 5) is 1.80. The first kappa shape index (κ1) is 15.0. The molecular formula is C13H14BrClF3N. The van der Waals surface area contributed by atoms with Crippen molar-refractivity contribution >= 4 is 33.2 Å². The van der Waals surface area contributed by atoms with Crippen LogP contribution in [0.3, 0.4) is 0 Å². The monoisotopic (exact) mass is 355 g/mol. The molecule has 1 unspecified atom stereocenters. The largest absolute Gasteiger partial charge is 0.393 e. The molecule has 0 bridgehead atoms. The van der Waals surface area contributed by atoms with Crippen molar-refractivity contribution < 1.29 is 13.2 Å². The van der Waals surface area contributed by atoms with Crippen LogP contribution in [0.5, 0.6) is 0 Å². The van der Waals surface area contributed by atoms with Crippen molar-refractivity contribution in [3.63, 3.8) is 0 Å². The molecule has 0 aliphatic carbocycles. The third-order valence-electron chi connectivity index (χ3n) is 3.43. The summed E-state index contributed by atoms with van der Waals surface area (Å²) in [7, 11) is 0. The lowest BCUT2D eigenvalue weighted by molar-refractivity contribution is -0.175. The molecule has 0 amide bonds. The van der Waals surface area contributed by atoms with E-state index in [4.69, 9.17) is 11.6 Å². The zero-order valence-corrected chi connectivity index (χ0v) is 12.5. The van der Waals surface area contributed by atoms with Crippen molar-refractivity contribution in [1.82, 2.24) is 0 Å². The summed E-state index contributed by atoms with van der Waals surface area (Å²) in [5.41, 5.74) is 1.75. The second-order valence-electron chi connectivity index (χ2n) is 4.74. The predicted molar refractivity (Wildman–Crippen MR) is 74.7 cm³/mol. The zero-order valence-electron chi connectivity index (χ0n) is 10.2. The van der Waals surface area contributed by atoms with E-state index in [9.17, 15) is 13.2 Å². The fourth-order valence-corrected chi connectivity index (χ4v) is 3.22. The molecule has 1 heterocycles. The molecule has 0 N–H and O–H groups in total. The smallest absolute Gasteiger partial charge is 0.371 e. The number of benzene rings is 1. The summed E-state index contributed by atoms with van der Waals surface area (Å²) in [5, 5.41) is 0. The molecule has 1 aromatic carbocycles. The number of hydrogen-bond acceptors (Lipinski definition) is 1. The molecule has 6 heteroatoms. The third kappa shape index (κ3) is 3.57. The fraction of sp³-hybridized carbons (Fsp3) is 0.538. The van der Waals surface area contributed by atoms with E-state index in [1.165, 1.54) is 0 Å². The first-order valence-electron chi connectivity index (χ1n) is 6.08. The van der Waals surface area contributed by atoms with Crippen molar-refractivity contribution in [3.8, 4) is 0 Å². The molecule has 1 atom stereocenters. The van der Waals surface area contributed by atoms with Gasteiger partial charge in [-0.2, -0.15) is 13.2 Å². The van der Waals surface area contributed by atoms with E-state index in [0.717, 1.165) is 15.7 Å². The minimum absolute atomic E-state index is 0.0379. The molecule has 0 saturated carbocycles.